The van der Waals surface area contributed by atoms with Crippen molar-refractivity contribution in [3.8, 4) is 11.5 Å². The van der Waals surface area contributed by atoms with Crippen LogP contribution in [0.25, 0.3) is 0 Å². The lowest BCUT2D eigenvalue weighted by Gasteiger charge is -2.44. The summed E-state index contributed by atoms with van der Waals surface area (Å²) in [4.78, 5) is 2.37. The Morgan fingerprint density at radius 1 is 1.15 bits per heavy atom. The van der Waals surface area contributed by atoms with E-state index in [1.54, 1.807) is 18.2 Å². The number of hydrogen-bond donors (Lipinski definition) is 2. The lowest BCUT2D eigenvalue weighted by molar-refractivity contribution is -0.0598. The predicted octanol–water partition coefficient (Wildman–Crippen LogP) is 3.94. The number of fused-ring (bicyclic) bond motifs is 2. The lowest BCUT2D eigenvalue weighted by Crippen LogP contribution is -2.49. The van der Waals surface area contributed by atoms with Crippen molar-refractivity contribution in [2.45, 2.75) is 56.8 Å². The number of benzene rings is 2. The topological polar surface area (TPSA) is 52.9 Å². The molecule has 0 amide bonds. The Labute approximate surface area is 159 Å². The largest absolute Gasteiger partial charge is 0.508 e. The highest BCUT2D eigenvalue weighted by molar-refractivity contribution is 5.39. The number of piperidine rings is 1. The number of halogens is 1. The highest BCUT2D eigenvalue weighted by atomic mass is 19.1. The normalized spacial score (nSPS) is 27.7. The minimum absolute atomic E-state index is 0.215. The molecule has 144 valence electrons. The maximum absolute atomic E-state index is 13.7. The van der Waals surface area contributed by atoms with Gasteiger partial charge in [-0.15, -0.1) is 0 Å². The highest BCUT2D eigenvalue weighted by Crippen LogP contribution is 2.46. The predicted molar refractivity (Wildman–Crippen MR) is 101 cm³/mol. The van der Waals surface area contributed by atoms with E-state index in [0.29, 0.717) is 31.6 Å². The van der Waals surface area contributed by atoms with E-state index in [0.717, 1.165) is 24.2 Å². The summed E-state index contributed by atoms with van der Waals surface area (Å²) >= 11 is 0. The molecule has 2 heterocycles. The molecule has 2 aliphatic rings. The zero-order valence-electron chi connectivity index (χ0n) is 15.6. The van der Waals surface area contributed by atoms with Crippen LogP contribution in [0.3, 0.4) is 0 Å². The van der Waals surface area contributed by atoms with Crippen molar-refractivity contribution in [1.82, 2.24) is 4.90 Å². The second-order valence-electron chi connectivity index (χ2n) is 7.73. The molecule has 2 aromatic rings. The molecule has 2 aromatic carbocycles. The molecule has 2 atom stereocenters. The van der Waals surface area contributed by atoms with Crippen LogP contribution in [0, 0.1) is 5.82 Å². The van der Waals surface area contributed by atoms with Crippen molar-refractivity contribution in [3.05, 3.63) is 59.4 Å². The summed E-state index contributed by atoms with van der Waals surface area (Å²) in [5.41, 5.74) is 0.522. The van der Waals surface area contributed by atoms with Gasteiger partial charge in [-0.25, -0.2) is 4.39 Å². The van der Waals surface area contributed by atoms with E-state index in [-0.39, 0.29) is 23.7 Å². The summed E-state index contributed by atoms with van der Waals surface area (Å²) in [5.74, 6) is 0.711. The molecule has 27 heavy (non-hydrogen) atoms. The molecule has 0 radical (unpaired) electrons. The SMILES string of the molecule is CCOc1ccc(O)c(CN2[C@@H]3CC[C@@H]2CC(O)(c2cccc(F)c2)C3)c1. The molecule has 0 spiro atoms. The lowest BCUT2D eigenvalue weighted by atomic mass is 9.80. The van der Waals surface area contributed by atoms with Crippen LogP contribution in [0.4, 0.5) is 4.39 Å². The molecular formula is C22H26FNO3. The van der Waals surface area contributed by atoms with Crippen LogP contribution in [-0.4, -0.2) is 33.8 Å². The monoisotopic (exact) mass is 371 g/mol. The third-order valence-corrected chi connectivity index (χ3v) is 5.99. The van der Waals surface area contributed by atoms with E-state index < -0.39 is 5.60 Å². The Hall–Kier alpha value is -2.11. The third-order valence-electron chi connectivity index (χ3n) is 5.99. The Balaban J connectivity index is 1.54. The number of aromatic hydroxyl groups is 1. The van der Waals surface area contributed by atoms with Gasteiger partial charge in [0.1, 0.15) is 17.3 Å². The maximum Gasteiger partial charge on any atom is 0.123 e. The Bertz CT molecular complexity index is 811. The third kappa shape index (κ3) is 3.54. The number of rotatable bonds is 5. The molecule has 4 nitrogen and oxygen atoms in total. The Morgan fingerprint density at radius 3 is 2.56 bits per heavy atom. The first-order valence-electron chi connectivity index (χ1n) is 9.67. The van der Waals surface area contributed by atoms with Gasteiger partial charge < -0.3 is 14.9 Å². The van der Waals surface area contributed by atoms with E-state index >= 15 is 0 Å². The first-order valence-corrected chi connectivity index (χ1v) is 9.67. The van der Waals surface area contributed by atoms with Gasteiger partial charge in [0, 0.05) is 24.2 Å². The zero-order valence-corrected chi connectivity index (χ0v) is 15.6. The molecule has 0 aliphatic carbocycles. The molecule has 4 rings (SSSR count). The summed E-state index contributed by atoms with van der Waals surface area (Å²) in [6.45, 7) is 3.14. The average Bonchev–Trinajstić information content (AvgIpc) is 2.88. The van der Waals surface area contributed by atoms with Gasteiger partial charge in [0.05, 0.1) is 12.2 Å². The summed E-state index contributed by atoms with van der Waals surface area (Å²) in [6.07, 6.45) is 3.18. The van der Waals surface area contributed by atoms with Crippen LogP contribution in [0.5, 0.6) is 11.5 Å². The molecular weight excluding hydrogens is 345 g/mol. The fraction of sp³-hybridized carbons (Fsp3) is 0.455. The Morgan fingerprint density at radius 2 is 1.89 bits per heavy atom. The van der Waals surface area contributed by atoms with Crippen molar-refractivity contribution in [2.24, 2.45) is 0 Å². The van der Waals surface area contributed by atoms with Crippen LogP contribution in [-0.2, 0) is 12.1 Å². The minimum Gasteiger partial charge on any atom is -0.508 e. The number of ether oxygens (including phenoxy) is 1. The van der Waals surface area contributed by atoms with Gasteiger partial charge in [-0.05, 0) is 68.5 Å². The highest BCUT2D eigenvalue weighted by Gasteiger charge is 2.48. The second kappa shape index (κ2) is 7.13. The molecule has 5 heteroatoms. The molecule has 2 N–H and O–H groups in total. The summed E-state index contributed by atoms with van der Waals surface area (Å²) in [6, 6.07) is 12.1. The van der Waals surface area contributed by atoms with E-state index in [2.05, 4.69) is 4.90 Å². The fourth-order valence-corrected chi connectivity index (χ4v) is 4.73. The Kier molecular flexibility index (Phi) is 4.82. The van der Waals surface area contributed by atoms with Crippen molar-refractivity contribution < 1.29 is 19.3 Å². The summed E-state index contributed by atoms with van der Waals surface area (Å²) in [7, 11) is 0. The van der Waals surface area contributed by atoms with Gasteiger partial charge in [0.2, 0.25) is 0 Å². The van der Waals surface area contributed by atoms with E-state index in [1.165, 1.54) is 12.1 Å². The van der Waals surface area contributed by atoms with E-state index in [9.17, 15) is 14.6 Å². The molecule has 0 unspecified atom stereocenters. The van der Waals surface area contributed by atoms with Crippen molar-refractivity contribution in [3.63, 3.8) is 0 Å². The smallest absolute Gasteiger partial charge is 0.123 e. The molecule has 0 saturated carbocycles. The van der Waals surface area contributed by atoms with Gasteiger partial charge in [-0.1, -0.05) is 12.1 Å². The molecule has 2 fully saturated rings. The van der Waals surface area contributed by atoms with Gasteiger partial charge in [0.15, 0.2) is 0 Å². The van der Waals surface area contributed by atoms with Crippen LogP contribution in [0.2, 0.25) is 0 Å². The van der Waals surface area contributed by atoms with Gasteiger partial charge >= 0.3 is 0 Å². The van der Waals surface area contributed by atoms with Gasteiger partial charge in [-0.2, -0.15) is 0 Å². The van der Waals surface area contributed by atoms with Crippen LogP contribution >= 0.6 is 0 Å². The number of aliphatic hydroxyl groups is 1. The zero-order chi connectivity index (χ0) is 19.0. The summed E-state index contributed by atoms with van der Waals surface area (Å²) in [5, 5.41) is 21.5. The molecule has 2 aliphatic heterocycles. The first kappa shape index (κ1) is 18.3. The van der Waals surface area contributed by atoms with Crippen molar-refractivity contribution in [1.29, 1.82) is 0 Å². The molecule has 0 aromatic heterocycles. The number of phenolic OH excluding ortho intramolecular Hbond substituents is 1. The van der Waals surface area contributed by atoms with Gasteiger partial charge in [0.25, 0.3) is 0 Å². The molecule has 2 bridgehead atoms. The number of phenols is 1. The van der Waals surface area contributed by atoms with Crippen molar-refractivity contribution in [2.75, 3.05) is 6.61 Å². The van der Waals surface area contributed by atoms with Gasteiger partial charge in [-0.3, -0.25) is 4.90 Å². The minimum atomic E-state index is -0.986. The van der Waals surface area contributed by atoms with E-state index in [1.807, 2.05) is 19.1 Å². The van der Waals surface area contributed by atoms with Crippen molar-refractivity contribution >= 4 is 0 Å². The number of nitrogens with zero attached hydrogens (tertiary/aromatic N) is 1. The van der Waals surface area contributed by atoms with Crippen LogP contribution in [0.1, 0.15) is 43.7 Å². The summed E-state index contributed by atoms with van der Waals surface area (Å²) < 4.78 is 19.2. The fourth-order valence-electron chi connectivity index (χ4n) is 4.73. The quantitative estimate of drug-likeness (QED) is 0.836. The van der Waals surface area contributed by atoms with E-state index in [4.69, 9.17) is 4.74 Å². The average molecular weight is 371 g/mol. The second-order valence-corrected chi connectivity index (χ2v) is 7.73. The first-order chi connectivity index (χ1) is 13.0. The number of hydrogen-bond acceptors (Lipinski definition) is 4. The maximum atomic E-state index is 13.7. The van der Waals surface area contributed by atoms with Crippen LogP contribution < -0.4 is 4.74 Å². The molecule has 2 saturated heterocycles. The standard InChI is InChI=1S/C22H26FNO3/c1-2-27-20-8-9-21(25)15(10-20)14-24-18-6-7-19(24)13-22(26,12-18)16-4-3-5-17(23)11-16/h3-5,8-11,18-19,25-26H,2,6-7,12-14H2,1H3/t18-,19-/m1/s1. The van der Waals surface area contributed by atoms with Crippen LogP contribution in [0.15, 0.2) is 42.5 Å².